The lowest BCUT2D eigenvalue weighted by atomic mass is 9.88. The van der Waals surface area contributed by atoms with Crippen LogP contribution in [0.1, 0.15) is 55.0 Å². The van der Waals surface area contributed by atoms with Gasteiger partial charge in [-0.25, -0.2) is 0 Å². The monoisotopic (exact) mass is 300 g/mol. The number of aryl methyl sites for hydroxylation is 2. The maximum Gasteiger partial charge on any atom is 0.253 e. The highest BCUT2D eigenvalue weighted by atomic mass is 16.1. The van der Waals surface area contributed by atoms with E-state index >= 15 is 0 Å². The van der Waals surface area contributed by atoms with E-state index in [0.29, 0.717) is 6.04 Å². The Morgan fingerprint density at radius 2 is 1.86 bits per heavy atom. The van der Waals surface area contributed by atoms with Gasteiger partial charge in [-0.05, 0) is 57.7 Å². The number of rotatable bonds is 1. The van der Waals surface area contributed by atoms with Gasteiger partial charge < -0.3 is 4.98 Å². The maximum atomic E-state index is 12.4. The predicted molar refractivity (Wildman–Crippen MR) is 87.2 cm³/mol. The smallest absolute Gasteiger partial charge is 0.253 e. The molecule has 3 heterocycles. The first-order valence-corrected chi connectivity index (χ1v) is 8.47. The molecule has 1 aliphatic carbocycles. The minimum absolute atomic E-state index is 0.0914. The molecule has 2 aliphatic rings. The number of H-pyrrole nitrogens is 1. The third-order valence-electron chi connectivity index (χ3n) is 5.44. The zero-order chi connectivity index (χ0) is 15.3. The van der Waals surface area contributed by atoms with Gasteiger partial charge in [0.15, 0.2) is 0 Å². The minimum atomic E-state index is 0.0914. The van der Waals surface area contributed by atoms with Crippen LogP contribution in [-0.2, 0) is 19.9 Å². The summed E-state index contributed by atoms with van der Waals surface area (Å²) in [6.07, 6.45) is 7.93. The Kier molecular flexibility index (Phi) is 3.33. The number of hydrogen-bond acceptors (Lipinski definition) is 3. The van der Waals surface area contributed by atoms with Crippen molar-refractivity contribution in [1.29, 1.82) is 0 Å². The average molecular weight is 300 g/mol. The van der Waals surface area contributed by atoms with E-state index in [4.69, 9.17) is 5.10 Å². The second kappa shape index (κ2) is 5.23. The predicted octanol–water partition coefficient (Wildman–Crippen LogP) is 2.30. The van der Waals surface area contributed by atoms with Crippen molar-refractivity contribution in [3.05, 3.63) is 27.2 Å². The fraction of sp³-hybridized carbons (Fsp3) is 0.647. The number of hydrogen-bond donors (Lipinski definition) is 1. The van der Waals surface area contributed by atoms with E-state index in [2.05, 4.69) is 16.9 Å². The van der Waals surface area contributed by atoms with Crippen molar-refractivity contribution in [3.63, 3.8) is 0 Å². The molecule has 1 N–H and O–H groups in total. The largest absolute Gasteiger partial charge is 0.307 e. The molecule has 5 nitrogen and oxygen atoms in total. The van der Waals surface area contributed by atoms with Gasteiger partial charge in [0, 0.05) is 18.0 Å². The second-order valence-electron chi connectivity index (χ2n) is 6.84. The molecule has 5 heteroatoms. The minimum Gasteiger partial charge on any atom is -0.307 e. The lowest BCUT2D eigenvalue weighted by Gasteiger charge is -2.31. The normalized spacial score (nSPS) is 22.9. The average Bonchev–Trinajstić information content (AvgIpc) is 2.85. The summed E-state index contributed by atoms with van der Waals surface area (Å²) in [5.74, 6) is 0. The number of piperidine rings is 1. The van der Waals surface area contributed by atoms with E-state index in [1.165, 1.54) is 35.9 Å². The standard InChI is InChI=1S/C17H24N4O/c1-20-10-6-5-9-13(20)15-14-11-7-3-4-8-12(11)17(22)18-16(14)21(2)19-15/h13H,3-10H2,1-2H3,(H,18,22)/t13-/m0/s1. The Balaban J connectivity index is 1.97. The number of nitrogens with one attached hydrogen (secondary N) is 1. The highest BCUT2D eigenvalue weighted by Crippen LogP contribution is 2.36. The summed E-state index contributed by atoms with van der Waals surface area (Å²) in [6, 6.07) is 0.384. The van der Waals surface area contributed by atoms with Crippen molar-refractivity contribution in [1.82, 2.24) is 19.7 Å². The lowest BCUT2D eigenvalue weighted by molar-refractivity contribution is 0.184. The number of fused-ring (bicyclic) bond motifs is 3. The summed E-state index contributed by atoms with van der Waals surface area (Å²) in [4.78, 5) is 17.9. The first-order chi connectivity index (χ1) is 10.7. The summed E-state index contributed by atoms with van der Waals surface area (Å²) in [7, 11) is 4.14. The first kappa shape index (κ1) is 14.0. The lowest BCUT2D eigenvalue weighted by Crippen LogP contribution is -2.30. The first-order valence-electron chi connectivity index (χ1n) is 8.47. The Morgan fingerprint density at radius 1 is 1.09 bits per heavy atom. The van der Waals surface area contributed by atoms with Crippen LogP contribution in [0.25, 0.3) is 11.0 Å². The third-order valence-corrected chi connectivity index (χ3v) is 5.44. The van der Waals surface area contributed by atoms with Crippen LogP contribution in [0.4, 0.5) is 0 Å². The van der Waals surface area contributed by atoms with E-state index in [-0.39, 0.29) is 5.56 Å². The second-order valence-corrected chi connectivity index (χ2v) is 6.84. The van der Waals surface area contributed by atoms with Crippen molar-refractivity contribution >= 4 is 11.0 Å². The highest BCUT2D eigenvalue weighted by Gasteiger charge is 2.29. The molecule has 118 valence electrons. The van der Waals surface area contributed by atoms with Gasteiger partial charge >= 0.3 is 0 Å². The molecule has 0 unspecified atom stereocenters. The van der Waals surface area contributed by atoms with Crippen LogP contribution < -0.4 is 5.56 Å². The number of aromatic amines is 1. The van der Waals surface area contributed by atoms with Gasteiger partial charge in [0.25, 0.3) is 5.56 Å². The Morgan fingerprint density at radius 3 is 2.64 bits per heavy atom. The van der Waals surface area contributed by atoms with E-state index in [1.807, 2.05) is 11.7 Å². The molecule has 0 aromatic carbocycles. The van der Waals surface area contributed by atoms with Crippen LogP contribution in [0.5, 0.6) is 0 Å². The molecule has 0 amide bonds. The van der Waals surface area contributed by atoms with Crippen LogP contribution in [0, 0.1) is 0 Å². The van der Waals surface area contributed by atoms with Crippen LogP contribution in [-0.4, -0.2) is 33.3 Å². The SMILES string of the molecule is CN1CCCC[C@H]1c1nn(C)c2[nH]c(=O)c3c(c12)CCCC3. The molecule has 0 saturated carbocycles. The quantitative estimate of drug-likeness (QED) is 0.879. The fourth-order valence-corrected chi connectivity index (χ4v) is 4.25. The van der Waals surface area contributed by atoms with E-state index in [0.717, 1.165) is 43.4 Å². The van der Waals surface area contributed by atoms with Crippen LogP contribution in [0.15, 0.2) is 4.79 Å². The molecule has 0 radical (unpaired) electrons. The van der Waals surface area contributed by atoms with Gasteiger partial charge in [-0.15, -0.1) is 0 Å². The number of nitrogens with zero attached hydrogens (tertiary/aromatic N) is 3. The zero-order valence-electron chi connectivity index (χ0n) is 13.5. The molecule has 1 atom stereocenters. The molecular formula is C17H24N4O. The molecule has 1 fully saturated rings. The van der Waals surface area contributed by atoms with Gasteiger partial charge in [-0.3, -0.25) is 14.4 Å². The van der Waals surface area contributed by atoms with Gasteiger partial charge in [-0.1, -0.05) is 6.42 Å². The summed E-state index contributed by atoms with van der Waals surface area (Å²) in [6.45, 7) is 1.13. The van der Waals surface area contributed by atoms with Gasteiger partial charge in [0.1, 0.15) is 5.65 Å². The maximum absolute atomic E-state index is 12.4. The summed E-state index contributed by atoms with van der Waals surface area (Å²) in [5.41, 5.74) is 4.45. The van der Waals surface area contributed by atoms with Crippen LogP contribution in [0.2, 0.25) is 0 Å². The van der Waals surface area contributed by atoms with Crippen molar-refractivity contribution in [2.45, 2.75) is 51.0 Å². The Hall–Kier alpha value is -1.62. The van der Waals surface area contributed by atoms with Crippen LogP contribution >= 0.6 is 0 Å². The van der Waals surface area contributed by atoms with Crippen molar-refractivity contribution in [3.8, 4) is 0 Å². The Labute approximate surface area is 130 Å². The third kappa shape index (κ3) is 2.02. The van der Waals surface area contributed by atoms with E-state index in [9.17, 15) is 4.79 Å². The summed E-state index contributed by atoms with van der Waals surface area (Å²) < 4.78 is 1.86. The Bertz CT molecular complexity index is 773. The van der Waals surface area contributed by atoms with Crippen LogP contribution in [0.3, 0.4) is 0 Å². The number of pyridine rings is 1. The highest BCUT2D eigenvalue weighted by molar-refractivity contribution is 5.84. The molecule has 0 bridgehead atoms. The van der Waals surface area contributed by atoms with Gasteiger partial charge in [0.2, 0.25) is 0 Å². The van der Waals surface area contributed by atoms with Gasteiger partial charge in [0.05, 0.1) is 11.7 Å². The fourth-order valence-electron chi connectivity index (χ4n) is 4.25. The molecule has 1 saturated heterocycles. The van der Waals surface area contributed by atoms with Gasteiger partial charge in [-0.2, -0.15) is 5.10 Å². The molecular weight excluding hydrogens is 276 g/mol. The summed E-state index contributed by atoms with van der Waals surface area (Å²) >= 11 is 0. The number of aromatic nitrogens is 3. The van der Waals surface area contributed by atoms with Crippen molar-refractivity contribution in [2.24, 2.45) is 7.05 Å². The number of likely N-dealkylation sites (tertiary alicyclic amines) is 1. The molecule has 2 aromatic rings. The zero-order valence-corrected chi connectivity index (χ0v) is 13.5. The van der Waals surface area contributed by atoms with Crippen molar-refractivity contribution < 1.29 is 0 Å². The molecule has 1 aliphatic heterocycles. The molecule has 4 rings (SSSR count). The molecule has 22 heavy (non-hydrogen) atoms. The molecule has 2 aromatic heterocycles. The van der Waals surface area contributed by atoms with E-state index < -0.39 is 0 Å². The summed E-state index contributed by atoms with van der Waals surface area (Å²) in [5, 5.41) is 6.05. The topological polar surface area (TPSA) is 53.9 Å². The van der Waals surface area contributed by atoms with Crippen molar-refractivity contribution in [2.75, 3.05) is 13.6 Å². The van der Waals surface area contributed by atoms with E-state index in [1.54, 1.807) is 0 Å². The molecule has 0 spiro atoms.